The van der Waals surface area contributed by atoms with E-state index in [1.54, 1.807) is 0 Å². The fourth-order valence-electron chi connectivity index (χ4n) is 1.74. The number of nitrogens with zero attached hydrogens (tertiary/aromatic N) is 2. The first-order chi connectivity index (χ1) is 8.36. The Balaban J connectivity index is 0.000000280. The van der Waals surface area contributed by atoms with E-state index in [2.05, 4.69) is 35.3 Å². The number of fused-ring (bicyclic) bond motifs is 1. The van der Waals surface area contributed by atoms with Gasteiger partial charge in [-0.3, -0.25) is 5.10 Å². The van der Waals surface area contributed by atoms with Gasteiger partial charge in [0.25, 0.3) is 0 Å². The summed E-state index contributed by atoms with van der Waals surface area (Å²) in [5.74, 6) is 0. The molecule has 0 saturated carbocycles. The van der Waals surface area contributed by atoms with Gasteiger partial charge in [0.1, 0.15) is 5.52 Å². The van der Waals surface area contributed by atoms with Crippen molar-refractivity contribution in [1.29, 1.82) is 0 Å². The van der Waals surface area contributed by atoms with E-state index in [1.807, 2.05) is 6.07 Å². The van der Waals surface area contributed by atoms with E-state index in [0.29, 0.717) is 0 Å². The average Bonchev–Trinajstić information content (AvgIpc) is 2.73. The van der Waals surface area contributed by atoms with Crippen molar-refractivity contribution in [2.45, 2.75) is 26.7 Å². The Kier molecular flexibility index (Phi) is 4.98. The van der Waals surface area contributed by atoms with Crippen LogP contribution in [0.2, 0.25) is 0 Å². The van der Waals surface area contributed by atoms with Crippen LogP contribution in [0, 0.1) is 0 Å². The maximum absolute atomic E-state index is 8.88. The molecule has 0 aliphatic rings. The third-order valence-corrected chi connectivity index (χ3v) is 2.43. The zero-order chi connectivity index (χ0) is 13.8. The highest BCUT2D eigenvalue weighted by molar-refractivity contribution is 7.45. The van der Waals surface area contributed by atoms with Crippen molar-refractivity contribution in [3.8, 4) is 0 Å². The highest BCUT2D eigenvalue weighted by Crippen LogP contribution is 2.25. The first-order valence-electron chi connectivity index (χ1n) is 5.46. The number of H-pyrrole nitrogens is 1. The van der Waals surface area contributed by atoms with Gasteiger partial charge in [-0.15, -0.1) is 5.10 Å². The predicted octanol–water partition coefficient (Wildman–Crippen LogP) is 1.15. The molecule has 1 aromatic heterocycles. The van der Waals surface area contributed by atoms with Crippen LogP contribution in [-0.2, 0) is 17.4 Å². The standard InChI is InChI=1S/C10H13N3.H3O4P/c1-3-7-5-6-9-10(8(7)4-2)12-13-11-9;1-5(2,3)4/h5-6H,3-4H2,1-2H3,(H,11,12,13);(H3,1,2,3,4). The highest BCUT2D eigenvalue weighted by Gasteiger charge is 2.06. The van der Waals surface area contributed by atoms with Crippen molar-refractivity contribution in [3.05, 3.63) is 23.3 Å². The van der Waals surface area contributed by atoms with Gasteiger partial charge in [0.2, 0.25) is 0 Å². The Labute approximate surface area is 104 Å². The minimum Gasteiger partial charge on any atom is -0.303 e. The summed E-state index contributed by atoms with van der Waals surface area (Å²) in [6, 6.07) is 4.20. The SMILES string of the molecule is CCc1ccc2[nH]nnc2c1CC.O=P(O)(O)O. The zero-order valence-electron chi connectivity index (χ0n) is 10.2. The normalized spacial score (nSPS) is 11.2. The molecule has 0 aliphatic heterocycles. The smallest absolute Gasteiger partial charge is 0.303 e. The summed E-state index contributed by atoms with van der Waals surface area (Å²) in [5.41, 5.74) is 4.77. The van der Waals surface area contributed by atoms with Crippen molar-refractivity contribution >= 4 is 18.9 Å². The number of aromatic nitrogens is 3. The van der Waals surface area contributed by atoms with Gasteiger partial charge in [0, 0.05) is 0 Å². The van der Waals surface area contributed by atoms with Crippen LogP contribution in [0.1, 0.15) is 25.0 Å². The summed E-state index contributed by atoms with van der Waals surface area (Å²) in [6.45, 7) is 4.32. The first kappa shape index (κ1) is 14.8. The number of phosphoric acid groups is 1. The molecule has 2 aromatic rings. The Hall–Kier alpha value is -1.27. The van der Waals surface area contributed by atoms with E-state index in [-0.39, 0.29) is 0 Å². The quantitative estimate of drug-likeness (QED) is 0.609. The number of benzene rings is 1. The fourth-order valence-corrected chi connectivity index (χ4v) is 1.74. The molecule has 0 amide bonds. The van der Waals surface area contributed by atoms with Crippen LogP contribution in [0.5, 0.6) is 0 Å². The summed E-state index contributed by atoms with van der Waals surface area (Å²) in [4.78, 5) is 21.6. The molecular weight excluding hydrogens is 257 g/mol. The van der Waals surface area contributed by atoms with Crippen LogP contribution in [0.4, 0.5) is 0 Å². The molecule has 0 unspecified atom stereocenters. The number of hydrogen-bond donors (Lipinski definition) is 4. The Morgan fingerprint density at radius 3 is 2.33 bits per heavy atom. The van der Waals surface area contributed by atoms with Crippen LogP contribution in [-0.4, -0.2) is 30.1 Å². The topological polar surface area (TPSA) is 119 Å². The molecule has 0 bridgehead atoms. The highest BCUT2D eigenvalue weighted by atomic mass is 31.2. The van der Waals surface area contributed by atoms with Crippen LogP contribution < -0.4 is 0 Å². The molecule has 0 spiro atoms. The number of aryl methyl sites for hydroxylation is 2. The second-order valence-corrected chi connectivity index (χ2v) is 4.66. The molecule has 1 aromatic carbocycles. The van der Waals surface area contributed by atoms with Crippen molar-refractivity contribution in [1.82, 2.24) is 15.4 Å². The molecule has 8 heteroatoms. The number of aromatic amines is 1. The lowest BCUT2D eigenvalue weighted by Crippen LogP contribution is -1.92. The molecule has 18 heavy (non-hydrogen) atoms. The van der Waals surface area contributed by atoms with Crippen LogP contribution >= 0.6 is 7.82 Å². The molecule has 100 valence electrons. The van der Waals surface area contributed by atoms with E-state index in [9.17, 15) is 0 Å². The van der Waals surface area contributed by atoms with Crippen molar-refractivity contribution in [2.24, 2.45) is 0 Å². The molecule has 4 N–H and O–H groups in total. The number of rotatable bonds is 2. The van der Waals surface area contributed by atoms with Gasteiger partial charge < -0.3 is 14.7 Å². The van der Waals surface area contributed by atoms with E-state index >= 15 is 0 Å². The Bertz CT molecular complexity index is 555. The van der Waals surface area contributed by atoms with Gasteiger partial charge in [0.15, 0.2) is 0 Å². The van der Waals surface area contributed by atoms with Gasteiger partial charge in [-0.25, -0.2) is 4.57 Å². The molecule has 1 heterocycles. The van der Waals surface area contributed by atoms with E-state index < -0.39 is 7.82 Å². The third-order valence-electron chi connectivity index (χ3n) is 2.43. The first-order valence-corrected chi connectivity index (χ1v) is 7.03. The van der Waals surface area contributed by atoms with Gasteiger partial charge >= 0.3 is 7.82 Å². The Morgan fingerprint density at radius 1 is 1.22 bits per heavy atom. The summed E-state index contributed by atoms with van der Waals surface area (Å²) in [7, 11) is -4.64. The maximum atomic E-state index is 8.88. The van der Waals surface area contributed by atoms with E-state index in [1.165, 1.54) is 11.1 Å². The molecule has 2 rings (SSSR count). The lowest BCUT2D eigenvalue weighted by atomic mass is 10.0. The third kappa shape index (κ3) is 4.19. The molecule has 0 saturated heterocycles. The van der Waals surface area contributed by atoms with Gasteiger partial charge in [0.05, 0.1) is 5.52 Å². The summed E-state index contributed by atoms with van der Waals surface area (Å²) >= 11 is 0. The summed E-state index contributed by atoms with van der Waals surface area (Å²) in [6.07, 6.45) is 2.08. The van der Waals surface area contributed by atoms with Gasteiger partial charge in [-0.05, 0) is 30.0 Å². The number of hydrogen-bond acceptors (Lipinski definition) is 3. The maximum Gasteiger partial charge on any atom is 0.466 e. The fraction of sp³-hybridized carbons (Fsp3) is 0.400. The predicted molar refractivity (Wildman–Crippen MR) is 66.9 cm³/mol. The minimum absolute atomic E-state index is 1.02. The average molecular weight is 273 g/mol. The van der Waals surface area contributed by atoms with Gasteiger partial charge in [-0.2, -0.15) is 0 Å². The molecule has 0 fully saturated rings. The minimum atomic E-state index is -4.64. The van der Waals surface area contributed by atoms with E-state index in [4.69, 9.17) is 19.2 Å². The van der Waals surface area contributed by atoms with Crippen molar-refractivity contribution < 1.29 is 19.2 Å². The largest absolute Gasteiger partial charge is 0.466 e. The van der Waals surface area contributed by atoms with E-state index in [0.717, 1.165) is 23.9 Å². The Morgan fingerprint density at radius 2 is 1.83 bits per heavy atom. The molecule has 0 radical (unpaired) electrons. The monoisotopic (exact) mass is 273 g/mol. The summed E-state index contributed by atoms with van der Waals surface area (Å²) < 4.78 is 8.88. The van der Waals surface area contributed by atoms with Crippen LogP contribution in [0.3, 0.4) is 0 Å². The second kappa shape index (κ2) is 6.06. The lowest BCUT2D eigenvalue weighted by Gasteiger charge is -2.04. The van der Waals surface area contributed by atoms with Crippen molar-refractivity contribution in [2.75, 3.05) is 0 Å². The molecule has 0 aliphatic carbocycles. The van der Waals surface area contributed by atoms with Crippen molar-refractivity contribution in [3.63, 3.8) is 0 Å². The molecular formula is C10H16N3O4P. The van der Waals surface area contributed by atoms with Crippen LogP contribution in [0.25, 0.3) is 11.0 Å². The van der Waals surface area contributed by atoms with Crippen LogP contribution in [0.15, 0.2) is 12.1 Å². The molecule has 7 nitrogen and oxygen atoms in total. The lowest BCUT2D eigenvalue weighted by molar-refractivity contribution is 0.275. The molecule has 0 atom stereocenters. The second-order valence-electron chi connectivity index (χ2n) is 3.63. The number of nitrogens with one attached hydrogen (secondary N) is 1. The summed E-state index contributed by atoms with van der Waals surface area (Å²) in [5, 5.41) is 10.8. The van der Waals surface area contributed by atoms with Gasteiger partial charge in [-0.1, -0.05) is 25.1 Å². The zero-order valence-corrected chi connectivity index (χ0v) is 11.1.